The topological polar surface area (TPSA) is 129 Å². The molecule has 0 saturated heterocycles. The van der Waals surface area contributed by atoms with Crippen LogP contribution in [0.4, 0.5) is 10.1 Å². The summed E-state index contributed by atoms with van der Waals surface area (Å²) in [4.78, 5) is 51.3. The Bertz CT molecular complexity index is 1140. The third kappa shape index (κ3) is 3.83. The molecule has 4 rings (SSSR count). The van der Waals surface area contributed by atoms with Gasteiger partial charge in [0.1, 0.15) is 17.4 Å². The predicted octanol–water partition coefficient (Wildman–Crippen LogP) is 1.87. The van der Waals surface area contributed by atoms with Crippen LogP contribution in [0.25, 0.3) is 0 Å². The number of hydrogen-bond donors (Lipinski definition) is 3. The van der Waals surface area contributed by atoms with Gasteiger partial charge in [0.15, 0.2) is 11.4 Å². The Balaban J connectivity index is 1.79. The SMILES string of the molecule is O=C(O)c1cn2c(c(O)c1=O)C(=O)N(c1ccc(F)cc1)[C@@H](C(=O)NC1CCCCC1)C2. The third-order valence-corrected chi connectivity index (χ3v) is 5.95. The molecule has 2 aliphatic rings. The number of nitrogens with one attached hydrogen (secondary N) is 1. The minimum atomic E-state index is -1.56. The highest BCUT2D eigenvalue weighted by atomic mass is 19.1. The van der Waals surface area contributed by atoms with E-state index in [1.807, 2.05) is 0 Å². The van der Waals surface area contributed by atoms with Gasteiger partial charge in [-0.3, -0.25) is 19.3 Å². The summed E-state index contributed by atoms with van der Waals surface area (Å²) in [6.45, 7) is -0.189. The van der Waals surface area contributed by atoms with Crippen LogP contribution in [0.2, 0.25) is 0 Å². The van der Waals surface area contributed by atoms with Crippen molar-refractivity contribution in [3.63, 3.8) is 0 Å². The first kappa shape index (κ1) is 21.5. The summed E-state index contributed by atoms with van der Waals surface area (Å²) < 4.78 is 14.6. The molecule has 3 N–H and O–H groups in total. The lowest BCUT2D eigenvalue weighted by molar-refractivity contribution is -0.123. The number of fused-ring (bicyclic) bond motifs is 1. The zero-order valence-corrected chi connectivity index (χ0v) is 17.1. The van der Waals surface area contributed by atoms with Crippen LogP contribution in [0, 0.1) is 5.82 Å². The number of pyridine rings is 1. The monoisotopic (exact) mass is 443 g/mol. The van der Waals surface area contributed by atoms with E-state index in [0.29, 0.717) is 0 Å². The van der Waals surface area contributed by atoms with Gasteiger partial charge in [-0.25, -0.2) is 9.18 Å². The molecule has 0 bridgehead atoms. The zero-order chi connectivity index (χ0) is 23.0. The zero-order valence-electron chi connectivity index (χ0n) is 17.1. The number of amides is 2. The summed E-state index contributed by atoms with van der Waals surface area (Å²) in [5, 5.41) is 22.6. The summed E-state index contributed by atoms with van der Waals surface area (Å²) in [6.07, 6.45) is 5.65. The fourth-order valence-corrected chi connectivity index (χ4v) is 4.34. The lowest BCUT2D eigenvalue weighted by atomic mass is 9.95. The van der Waals surface area contributed by atoms with Crippen molar-refractivity contribution < 1.29 is 29.0 Å². The van der Waals surface area contributed by atoms with Crippen LogP contribution in [0.5, 0.6) is 5.75 Å². The number of benzene rings is 1. The van der Waals surface area contributed by atoms with Gasteiger partial charge < -0.3 is 20.1 Å². The molecule has 2 heterocycles. The Morgan fingerprint density at radius 3 is 2.34 bits per heavy atom. The van der Waals surface area contributed by atoms with Gasteiger partial charge in [0.25, 0.3) is 5.91 Å². The van der Waals surface area contributed by atoms with Gasteiger partial charge in [-0.2, -0.15) is 0 Å². The van der Waals surface area contributed by atoms with Crippen molar-refractivity contribution in [2.24, 2.45) is 0 Å². The molecule has 10 heteroatoms. The summed E-state index contributed by atoms with van der Waals surface area (Å²) in [5.74, 6) is -4.41. The van der Waals surface area contributed by atoms with Crippen LogP contribution in [0.15, 0.2) is 35.3 Å². The van der Waals surface area contributed by atoms with E-state index >= 15 is 0 Å². The lowest BCUT2D eigenvalue weighted by Crippen LogP contribution is -2.57. The highest BCUT2D eigenvalue weighted by Crippen LogP contribution is 2.29. The van der Waals surface area contributed by atoms with Crippen molar-refractivity contribution in [1.82, 2.24) is 9.88 Å². The predicted molar refractivity (Wildman–Crippen MR) is 111 cm³/mol. The van der Waals surface area contributed by atoms with E-state index in [1.54, 1.807) is 0 Å². The van der Waals surface area contributed by atoms with Crippen LogP contribution < -0.4 is 15.6 Å². The molecule has 0 unspecified atom stereocenters. The number of aromatic carboxylic acids is 1. The van der Waals surface area contributed by atoms with Crippen LogP contribution in [0.3, 0.4) is 0 Å². The number of carboxylic acid groups (broad SMARTS) is 1. The van der Waals surface area contributed by atoms with Crippen molar-refractivity contribution >= 4 is 23.5 Å². The van der Waals surface area contributed by atoms with Gasteiger partial charge in [-0.15, -0.1) is 0 Å². The van der Waals surface area contributed by atoms with Gasteiger partial charge in [-0.1, -0.05) is 19.3 Å². The smallest absolute Gasteiger partial charge is 0.341 e. The molecule has 1 aromatic heterocycles. The summed E-state index contributed by atoms with van der Waals surface area (Å²) >= 11 is 0. The Morgan fingerprint density at radius 2 is 1.72 bits per heavy atom. The maximum atomic E-state index is 13.5. The molecule has 0 radical (unpaired) electrons. The molecule has 1 fully saturated rings. The highest BCUT2D eigenvalue weighted by molar-refractivity contribution is 6.11. The quantitative estimate of drug-likeness (QED) is 0.662. The van der Waals surface area contributed by atoms with E-state index in [9.17, 15) is 33.8 Å². The molecule has 2 aromatic rings. The van der Waals surface area contributed by atoms with E-state index in [0.717, 1.165) is 59.9 Å². The fraction of sp³-hybridized carbons (Fsp3) is 0.364. The van der Waals surface area contributed by atoms with E-state index in [-0.39, 0.29) is 18.3 Å². The number of nitrogens with zero attached hydrogens (tertiary/aromatic N) is 2. The Morgan fingerprint density at radius 1 is 1.06 bits per heavy atom. The second kappa shape index (κ2) is 8.45. The second-order valence-corrected chi connectivity index (χ2v) is 8.04. The standard InChI is InChI=1S/C22H22FN3O6/c23-12-6-8-14(9-7-12)26-16(20(29)24-13-4-2-1-3-5-13)11-25-10-15(22(31)32)18(27)19(28)17(25)21(26)30/h6-10,13,16,28H,1-5,11H2,(H,24,29)(H,31,32)/t16-/m1/s1. The van der Waals surface area contributed by atoms with Crippen molar-refractivity contribution in [1.29, 1.82) is 0 Å². The first-order chi connectivity index (χ1) is 15.3. The van der Waals surface area contributed by atoms with Gasteiger partial charge >= 0.3 is 5.97 Å². The van der Waals surface area contributed by atoms with Gasteiger partial charge in [0.05, 0.1) is 6.54 Å². The van der Waals surface area contributed by atoms with Gasteiger partial charge in [0, 0.05) is 17.9 Å². The van der Waals surface area contributed by atoms with E-state index in [1.165, 1.54) is 12.1 Å². The maximum Gasteiger partial charge on any atom is 0.341 e. The molecule has 1 aliphatic heterocycles. The van der Waals surface area contributed by atoms with E-state index < -0.39 is 52.1 Å². The molecular formula is C22H22FN3O6. The number of carbonyl (C=O) groups is 3. The van der Waals surface area contributed by atoms with Crippen LogP contribution in [0.1, 0.15) is 53.0 Å². The Labute approximate surface area is 182 Å². The molecule has 9 nitrogen and oxygen atoms in total. The molecule has 168 valence electrons. The van der Waals surface area contributed by atoms with Crippen molar-refractivity contribution in [3.05, 3.63) is 57.8 Å². The largest absolute Gasteiger partial charge is 0.503 e. The Hall–Kier alpha value is -3.69. The molecule has 2 amide bonds. The molecule has 1 saturated carbocycles. The van der Waals surface area contributed by atoms with E-state index in [2.05, 4.69) is 5.32 Å². The molecule has 1 aliphatic carbocycles. The summed E-state index contributed by atoms with van der Waals surface area (Å²) in [7, 11) is 0. The molecule has 32 heavy (non-hydrogen) atoms. The first-order valence-electron chi connectivity index (χ1n) is 10.4. The number of anilines is 1. The molecule has 1 atom stereocenters. The number of carbonyl (C=O) groups excluding carboxylic acids is 2. The second-order valence-electron chi connectivity index (χ2n) is 8.04. The van der Waals surface area contributed by atoms with Gasteiger partial charge in [-0.05, 0) is 37.1 Å². The van der Waals surface area contributed by atoms with Crippen molar-refractivity contribution in [3.8, 4) is 5.75 Å². The van der Waals surface area contributed by atoms with Crippen molar-refractivity contribution in [2.45, 2.75) is 50.7 Å². The lowest BCUT2D eigenvalue weighted by Gasteiger charge is -2.38. The Kier molecular flexibility index (Phi) is 5.68. The first-order valence-corrected chi connectivity index (χ1v) is 10.4. The highest BCUT2D eigenvalue weighted by Gasteiger charge is 2.41. The van der Waals surface area contributed by atoms with Gasteiger partial charge in [0.2, 0.25) is 11.3 Å². The third-order valence-electron chi connectivity index (χ3n) is 5.95. The molecule has 1 aromatic carbocycles. The average Bonchev–Trinajstić information content (AvgIpc) is 2.77. The molecular weight excluding hydrogens is 421 g/mol. The number of aromatic nitrogens is 1. The normalized spacial score (nSPS) is 18.8. The fourth-order valence-electron chi connectivity index (χ4n) is 4.34. The van der Waals surface area contributed by atoms with Crippen LogP contribution in [-0.2, 0) is 11.3 Å². The summed E-state index contributed by atoms with van der Waals surface area (Å²) in [6, 6.07) is 3.78. The minimum absolute atomic E-state index is 0.0418. The van der Waals surface area contributed by atoms with Crippen LogP contribution >= 0.6 is 0 Å². The average molecular weight is 443 g/mol. The van der Waals surface area contributed by atoms with E-state index in [4.69, 9.17) is 0 Å². The number of carboxylic acids is 1. The number of aromatic hydroxyl groups is 1. The van der Waals surface area contributed by atoms with Crippen molar-refractivity contribution in [2.75, 3.05) is 4.90 Å². The van der Waals surface area contributed by atoms with Crippen LogP contribution in [-0.4, -0.2) is 44.6 Å². The summed E-state index contributed by atoms with van der Waals surface area (Å²) in [5.41, 5.74) is -2.12. The maximum absolute atomic E-state index is 13.5. The number of rotatable bonds is 4. The number of hydrogen-bond acceptors (Lipinski definition) is 5. The minimum Gasteiger partial charge on any atom is -0.503 e. The number of halogens is 1. The molecule has 0 spiro atoms.